The van der Waals surface area contributed by atoms with E-state index in [1.54, 1.807) is 19.2 Å². The third-order valence-corrected chi connectivity index (χ3v) is 6.82. The molecule has 2 aromatic rings. The predicted octanol–water partition coefficient (Wildman–Crippen LogP) is 4.48. The van der Waals surface area contributed by atoms with Crippen LogP contribution in [0.3, 0.4) is 0 Å². The van der Waals surface area contributed by atoms with Gasteiger partial charge in [-0.15, -0.1) is 11.6 Å². The number of hydrogen-bond donors (Lipinski definition) is 1. The second-order valence-electron chi connectivity index (χ2n) is 9.05. The van der Waals surface area contributed by atoms with Gasteiger partial charge in [0.1, 0.15) is 24.3 Å². The van der Waals surface area contributed by atoms with Crippen molar-refractivity contribution in [2.75, 3.05) is 26.1 Å². The largest absolute Gasteiger partial charge is 0.497 e. The lowest BCUT2D eigenvalue weighted by molar-refractivity contribution is -0.141. The van der Waals surface area contributed by atoms with Crippen LogP contribution in [0, 0.1) is 0 Å². The van der Waals surface area contributed by atoms with Crippen molar-refractivity contribution in [1.29, 1.82) is 0 Å². The van der Waals surface area contributed by atoms with Gasteiger partial charge in [0.05, 0.1) is 13.7 Å². The standard InChI is InChI=1S/C27H33ClN2O5/c1-33-21-14-12-19(13-15-21)26(27(32)29-20-8-4-2-3-5-9-20)30(25(31)16-28)17-22-18-34-23-10-6-7-11-24(23)35-22/h6-7,10-15,20,22,26H,2-5,8-9,16-18H2,1H3,(H,29,32)/t22-,26-/m0/s1. The first-order valence-corrected chi connectivity index (χ1v) is 12.8. The van der Waals surface area contributed by atoms with Crippen LogP contribution in [0.25, 0.3) is 0 Å². The maximum atomic E-state index is 13.7. The SMILES string of the molecule is COc1ccc([C@@H](C(=O)NC2CCCCCC2)N(C[C@H]2COc3ccccc3O2)C(=O)CCl)cc1. The summed E-state index contributed by atoms with van der Waals surface area (Å²) in [6, 6.07) is 13.9. The number of hydrogen-bond acceptors (Lipinski definition) is 5. The Morgan fingerprint density at radius 2 is 1.74 bits per heavy atom. The molecule has 188 valence electrons. The fraction of sp³-hybridized carbons (Fsp3) is 0.481. The molecular formula is C27H33ClN2O5. The van der Waals surface area contributed by atoms with Crippen LogP contribution in [0.5, 0.6) is 17.2 Å². The van der Waals surface area contributed by atoms with Gasteiger partial charge in [0.25, 0.3) is 0 Å². The van der Waals surface area contributed by atoms with Gasteiger partial charge < -0.3 is 24.4 Å². The molecule has 7 nitrogen and oxygen atoms in total. The van der Waals surface area contributed by atoms with E-state index >= 15 is 0 Å². The van der Waals surface area contributed by atoms with Crippen LogP contribution in [0.15, 0.2) is 48.5 Å². The molecule has 1 heterocycles. The summed E-state index contributed by atoms with van der Waals surface area (Å²) in [5.41, 5.74) is 0.688. The number of benzene rings is 2. The lowest BCUT2D eigenvalue weighted by atomic mass is 10.0. The zero-order valence-electron chi connectivity index (χ0n) is 20.1. The quantitative estimate of drug-likeness (QED) is 0.427. The first kappa shape index (κ1) is 25.2. The molecule has 1 aliphatic heterocycles. The van der Waals surface area contributed by atoms with Crippen LogP contribution in [0.4, 0.5) is 0 Å². The molecule has 1 N–H and O–H groups in total. The molecule has 0 spiro atoms. The van der Waals surface area contributed by atoms with Gasteiger partial charge in [-0.2, -0.15) is 0 Å². The molecule has 0 unspecified atom stereocenters. The highest BCUT2D eigenvalue weighted by Crippen LogP contribution is 2.32. The van der Waals surface area contributed by atoms with E-state index in [-0.39, 0.29) is 36.9 Å². The van der Waals surface area contributed by atoms with Crippen LogP contribution in [0.1, 0.15) is 50.1 Å². The highest BCUT2D eigenvalue weighted by atomic mass is 35.5. The molecule has 2 atom stereocenters. The molecule has 1 fully saturated rings. The smallest absolute Gasteiger partial charge is 0.247 e. The van der Waals surface area contributed by atoms with Crippen molar-refractivity contribution in [1.82, 2.24) is 10.2 Å². The maximum absolute atomic E-state index is 13.7. The van der Waals surface area contributed by atoms with E-state index in [1.165, 1.54) is 17.7 Å². The maximum Gasteiger partial charge on any atom is 0.247 e. The van der Waals surface area contributed by atoms with Gasteiger partial charge in [0, 0.05) is 6.04 Å². The molecular weight excluding hydrogens is 468 g/mol. The Hall–Kier alpha value is -2.93. The summed E-state index contributed by atoms with van der Waals surface area (Å²) in [5, 5.41) is 3.22. The number of nitrogens with zero attached hydrogens (tertiary/aromatic N) is 1. The van der Waals surface area contributed by atoms with Crippen LogP contribution < -0.4 is 19.5 Å². The summed E-state index contributed by atoms with van der Waals surface area (Å²) in [6.07, 6.45) is 6.01. The number of carbonyl (C=O) groups excluding carboxylic acids is 2. The normalized spacial score (nSPS) is 18.7. The summed E-state index contributed by atoms with van der Waals surface area (Å²) in [4.78, 5) is 28.4. The number of amides is 2. The van der Waals surface area contributed by atoms with Gasteiger partial charge in [0.15, 0.2) is 17.6 Å². The van der Waals surface area contributed by atoms with E-state index in [0.29, 0.717) is 22.8 Å². The molecule has 4 rings (SSSR count). The van der Waals surface area contributed by atoms with Crippen LogP contribution >= 0.6 is 11.6 Å². The molecule has 0 saturated heterocycles. The van der Waals surface area contributed by atoms with Crippen LogP contribution in [-0.2, 0) is 9.59 Å². The lowest BCUT2D eigenvalue weighted by Crippen LogP contribution is -2.51. The van der Waals surface area contributed by atoms with Gasteiger partial charge in [-0.25, -0.2) is 0 Å². The number of carbonyl (C=O) groups is 2. The van der Waals surface area contributed by atoms with Crippen molar-refractivity contribution in [3.8, 4) is 17.2 Å². The number of fused-ring (bicyclic) bond motifs is 1. The van der Waals surface area contributed by atoms with E-state index in [2.05, 4.69) is 5.32 Å². The molecule has 0 aromatic heterocycles. The molecule has 35 heavy (non-hydrogen) atoms. The molecule has 2 aromatic carbocycles. The minimum absolute atomic E-state index is 0.0971. The van der Waals surface area contributed by atoms with Crippen molar-refractivity contribution >= 4 is 23.4 Å². The Kier molecular flexibility index (Phi) is 8.74. The molecule has 2 aliphatic rings. The third-order valence-electron chi connectivity index (χ3n) is 6.60. The minimum Gasteiger partial charge on any atom is -0.497 e. The van der Waals surface area contributed by atoms with Crippen molar-refractivity contribution in [2.45, 2.75) is 56.7 Å². The number of halogens is 1. The Morgan fingerprint density at radius 3 is 2.40 bits per heavy atom. The van der Waals surface area contributed by atoms with E-state index < -0.39 is 12.1 Å². The average Bonchev–Trinajstić information content (AvgIpc) is 3.16. The lowest BCUT2D eigenvalue weighted by Gasteiger charge is -2.36. The summed E-state index contributed by atoms with van der Waals surface area (Å²) in [5.74, 6) is 1.16. The highest BCUT2D eigenvalue weighted by Gasteiger charge is 2.35. The fourth-order valence-electron chi connectivity index (χ4n) is 4.76. The zero-order valence-corrected chi connectivity index (χ0v) is 20.8. The molecule has 1 saturated carbocycles. The number of ether oxygens (including phenoxy) is 3. The van der Waals surface area contributed by atoms with E-state index in [9.17, 15) is 9.59 Å². The molecule has 1 aliphatic carbocycles. The first-order chi connectivity index (χ1) is 17.1. The van der Waals surface area contributed by atoms with Crippen molar-refractivity contribution < 1.29 is 23.8 Å². The predicted molar refractivity (Wildman–Crippen MR) is 134 cm³/mol. The average molecular weight is 501 g/mol. The van der Waals surface area contributed by atoms with Gasteiger partial charge >= 0.3 is 0 Å². The Labute approximate surface area is 211 Å². The van der Waals surface area contributed by atoms with Crippen LogP contribution in [0.2, 0.25) is 0 Å². The van der Waals surface area contributed by atoms with Gasteiger partial charge in [-0.05, 0) is 42.7 Å². The molecule has 2 amide bonds. The summed E-state index contributed by atoms with van der Waals surface area (Å²) < 4.78 is 17.3. The number of nitrogens with one attached hydrogen (secondary N) is 1. The van der Waals surface area contributed by atoms with E-state index in [4.69, 9.17) is 25.8 Å². The number of methoxy groups -OCH3 is 1. The number of para-hydroxylation sites is 2. The second-order valence-corrected chi connectivity index (χ2v) is 9.32. The zero-order chi connectivity index (χ0) is 24.6. The summed E-state index contributed by atoms with van der Waals surface area (Å²) >= 11 is 6.03. The van der Waals surface area contributed by atoms with Gasteiger partial charge in [-0.3, -0.25) is 9.59 Å². The minimum atomic E-state index is -0.851. The molecule has 8 heteroatoms. The van der Waals surface area contributed by atoms with Crippen molar-refractivity contribution in [2.24, 2.45) is 0 Å². The topological polar surface area (TPSA) is 77.1 Å². The Balaban J connectivity index is 1.60. The molecule has 0 radical (unpaired) electrons. The van der Waals surface area contributed by atoms with E-state index in [1.807, 2.05) is 36.4 Å². The Bertz CT molecular complexity index is 991. The highest BCUT2D eigenvalue weighted by molar-refractivity contribution is 6.27. The van der Waals surface area contributed by atoms with Gasteiger partial charge in [-0.1, -0.05) is 49.9 Å². The van der Waals surface area contributed by atoms with Crippen molar-refractivity contribution in [3.05, 3.63) is 54.1 Å². The third kappa shape index (κ3) is 6.40. The summed E-state index contributed by atoms with van der Waals surface area (Å²) in [6.45, 7) is 0.428. The van der Waals surface area contributed by atoms with E-state index in [0.717, 1.165) is 25.7 Å². The monoisotopic (exact) mass is 500 g/mol. The van der Waals surface area contributed by atoms with Gasteiger partial charge in [0.2, 0.25) is 11.8 Å². The first-order valence-electron chi connectivity index (χ1n) is 12.3. The fourth-order valence-corrected chi connectivity index (χ4v) is 4.92. The Morgan fingerprint density at radius 1 is 1.06 bits per heavy atom. The second kappa shape index (κ2) is 12.2. The summed E-state index contributed by atoms with van der Waals surface area (Å²) in [7, 11) is 1.59. The molecule has 0 bridgehead atoms. The number of rotatable bonds is 8. The van der Waals surface area contributed by atoms with Crippen molar-refractivity contribution in [3.63, 3.8) is 0 Å². The number of alkyl halides is 1. The van der Waals surface area contributed by atoms with Crippen LogP contribution in [-0.4, -0.2) is 55.0 Å².